The smallest absolute Gasteiger partial charge is 0.272 e. The van der Waals surface area contributed by atoms with Crippen LogP contribution in [0.5, 0.6) is 0 Å². The van der Waals surface area contributed by atoms with E-state index >= 15 is 0 Å². The molecule has 1 aliphatic rings. The van der Waals surface area contributed by atoms with Crippen molar-refractivity contribution in [2.75, 3.05) is 0 Å². The highest BCUT2D eigenvalue weighted by Gasteiger charge is 2.24. The minimum Gasteiger partial charge on any atom is -0.347 e. The van der Waals surface area contributed by atoms with E-state index in [2.05, 4.69) is 20.1 Å². The van der Waals surface area contributed by atoms with Gasteiger partial charge in [-0.25, -0.2) is 4.98 Å². The summed E-state index contributed by atoms with van der Waals surface area (Å²) in [6, 6.07) is 9.74. The Kier molecular flexibility index (Phi) is 4.96. The molecule has 4 aromatic rings. The molecule has 30 heavy (non-hydrogen) atoms. The van der Waals surface area contributed by atoms with E-state index in [1.165, 1.54) is 12.8 Å². The maximum absolute atomic E-state index is 13.0. The standard InChI is InChI=1S/C22H21ClN6O/c23-16-7-5-15(6-8-16)13-25-22(30)20-19-14-24-11-12-28(19)21(27-20)18-9-10-26-29(18)17-3-1-2-4-17/h5-12,14,17H,1-4,13H2,(H,25,30). The molecule has 0 radical (unpaired) electrons. The number of carbonyl (C=O) groups excluding carboxylic acids is 1. The summed E-state index contributed by atoms with van der Waals surface area (Å²) < 4.78 is 3.96. The molecule has 7 nitrogen and oxygen atoms in total. The van der Waals surface area contributed by atoms with Gasteiger partial charge in [0.25, 0.3) is 5.91 Å². The lowest BCUT2D eigenvalue weighted by Crippen LogP contribution is -2.23. The van der Waals surface area contributed by atoms with Gasteiger partial charge in [-0.3, -0.25) is 18.9 Å². The number of nitrogens with zero attached hydrogens (tertiary/aromatic N) is 5. The van der Waals surface area contributed by atoms with Crippen LogP contribution in [0.4, 0.5) is 0 Å². The number of benzene rings is 1. The number of aromatic nitrogens is 5. The van der Waals surface area contributed by atoms with Crippen LogP contribution in [0, 0.1) is 0 Å². The molecule has 3 aromatic heterocycles. The van der Waals surface area contributed by atoms with Gasteiger partial charge in [0, 0.05) is 30.2 Å². The monoisotopic (exact) mass is 420 g/mol. The van der Waals surface area contributed by atoms with Crippen molar-refractivity contribution in [2.45, 2.75) is 38.3 Å². The first kappa shape index (κ1) is 18.8. The highest BCUT2D eigenvalue weighted by atomic mass is 35.5. The molecule has 3 heterocycles. The highest BCUT2D eigenvalue weighted by molar-refractivity contribution is 6.30. The van der Waals surface area contributed by atoms with Crippen molar-refractivity contribution in [1.29, 1.82) is 0 Å². The summed E-state index contributed by atoms with van der Waals surface area (Å²) in [5.74, 6) is 0.460. The molecular weight excluding hydrogens is 400 g/mol. The van der Waals surface area contributed by atoms with Crippen molar-refractivity contribution in [1.82, 2.24) is 29.5 Å². The van der Waals surface area contributed by atoms with Crippen molar-refractivity contribution >= 4 is 23.0 Å². The molecule has 1 aromatic carbocycles. The minimum atomic E-state index is -0.242. The van der Waals surface area contributed by atoms with Crippen LogP contribution in [0.2, 0.25) is 5.02 Å². The van der Waals surface area contributed by atoms with Gasteiger partial charge in [0.2, 0.25) is 0 Å². The number of hydrogen-bond acceptors (Lipinski definition) is 4. The molecule has 1 N–H and O–H groups in total. The zero-order valence-corrected chi connectivity index (χ0v) is 17.1. The molecule has 1 amide bonds. The summed E-state index contributed by atoms with van der Waals surface area (Å²) in [4.78, 5) is 21.9. The molecule has 0 aliphatic heterocycles. The zero-order chi connectivity index (χ0) is 20.5. The van der Waals surface area contributed by atoms with Crippen molar-refractivity contribution in [3.05, 3.63) is 71.4 Å². The maximum Gasteiger partial charge on any atom is 0.272 e. The normalized spacial score (nSPS) is 14.4. The summed E-state index contributed by atoms with van der Waals surface area (Å²) in [5, 5.41) is 8.17. The average Bonchev–Trinajstić information content (AvgIpc) is 3.51. The Morgan fingerprint density at radius 3 is 2.73 bits per heavy atom. The van der Waals surface area contributed by atoms with E-state index in [0.29, 0.717) is 34.6 Å². The number of imidazole rings is 1. The summed E-state index contributed by atoms with van der Waals surface area (Å²) >= 11 is 5.93. The van der Waals surface area contributed by atoms with Gasteiger partial charge in [-0.15, -0.1) is 0 Å². The van der Waals surface area contributed by atoms with Crippen molar-refractivity contribution < 1.29 is 4.79 Å². The fourth-order valence-corrected chi connectivity index (χ4v) is 4.21. The van der Waals surface area contributed by atoms with Gasteiger partial charge >= 0.3 is 0 Å². The molecule has 1 saturated carbocycles. The Balaban J connectivity index is 1.48. The Morgan fingerprint density at radius 2 is 1.93 bits per heavy atom. The molecule has 152 valence electrons. The van der Waals surface area contributed by atoms with Crippen LogP contribution in [0.15, 0.2) is 55.1 Å². The van der Waals surface area contributed by atoms with E-state index in [4.69, 9.17) is 16.6 Å². The first-order valence-corrected chi connectivity index (χ1v) is 10.5. The second kappa shape index (κ2) is 7.91. The molecule has 0 saturated heterocycles. The predicted molar refractivity (Wildman–Crippen MR) is 114 cm³/mol. The van der Waals surface area contributed by atoms with E-state index in [9.17, 15) is 4.79 Å². The summed E-state index contributed by atoms with van der Waals surface area (Å²) in [7, 11) is 0. The number of amides is 1. The number of halogens is 1. The molecule has 5 rings (SSSR count). The molecular formula is C22H21ClN6O. The molecule has 1 fully saturated rings. The second-order valence-electron chi connectivity index (χ2n) is 7.52. The highest BCUT2D eigenvalue weighted by Crippen LogP contribution is 2.33. The summed E-state index contributed by atoms with van der Waals surface area (Å²) in [6.45, 7) is 0.393. The zero-order valence-electron chi connectivity index (χ0n) is 16.3. The third-order valence-electron chi connectivity index (χ3n) is 5.60. The Bertz CT molecular complexity index is 1190. The SMILES string of the molecule is O=C(NCc1ccc(Cl)cc1)c1nc(-c2ccnn2C2CCCC2)n2ccncc12. The van der Waals surface area contributed by atoms with E-state index in [1.54, 1.807) is 30.7 Å². The molecule has 0 unspecified atom stereocenters. The van der Waals surface area contributed by atoms with Gasteiger partial charge in [0.15, 0.2) is 11.5 Å². The maximum atomic E-state index is 13.0. The molecule has 0 spiro atoms. The predicted octanol–water partition coefficient (Wildman–Crippen LogP) is 4.29. The topological polar surface area (TPSA) is 77.1 Å². The lowest BCUT2D eigenvalue weighted by molar-refractivity contribution is 0.0948. The minimum absolute atomic E-state index is 0.242. The van der Waals surface area contributed by atoms with Crippen LogP contribution >= 0.6 is 11.6 Å². The Hall–Kier alpha value is -3.19. The fourth-order valence-electron chi connectivity index (χ4n) is 4.09. The lowest BCUT2D eigenvalue weighted by Gasteiger charge is -2.13. The van der Waals surface area contributed by atoms with Gasteiger partial charge in [-0.1, -0.05) is 36.6 Å². The first-order valence-electron chi connectivity index (χ1n) is 10.1. The van der Waals surface area contributed by atoms with Crippen LogP contribution in [0.1, 0.15) is 47.8 Å². The van der Waals surface area contributed by atoms with E-state index in [1.807, 2.05) is 28.8 Å². The second-order valence-corrected chi connectivity index (χ2v) is 7.96. The van der Waals surface area contributed by atoms with Gasteiger partial charge in [0.1, 0.15) is 5.69 Å². The first-order chi connectivity index (χ1) is 14.7. The molecule has 1 aliphatic carbocycles. The quantitative estimate of drug-likeness (QED) is 0.522. The summed E-state index contributed by atoms with van der Waals surface area (Å²) in [5.41, 5.74) is 2.90. The molecule has 8 heteroatoms. The van der Waals surface area contributed by atoms with E-state index in [0.717, 1.165) is 24.1 Å². The van der Waals surface area contributed by atoms with Crippen molar-refractivity contribution in [3.8, 4) is 11.5 Å². The number of hydrogen-bond donors (Lipinski definition) is 1. The van der Waals surface area contributed by atoms with Crippen LogP contribution in [-0.4, -0.2) is 30.1 Å². The molecule has 0 bridgehead atoms. The molecule has 0 atom stereocenters. The number of rotatable bonds is 5. The van der Waals surface area contributed by atoms with E-state index < -0.39 is 0 Å². The third kappa shape index (κ3) is 3.45. The van der Waals surface area contributed by atoms with Crippen LogP contribution < -0.4 is 5.32 Å². The van der Waals surface area contributed by atoms with Crippen LogP contribution in [0.3, 0.4) is 0 Å². The number of nitrogens with one attached hydrogen (secondary N) is 1. The van der Waals surface area contributed by atoms with Gasteiger partial charge in [0.05, 0.1) is 17.8 Å². The summed E-state index contributed by atoms with van der Waals surface area (Å²) in [6.07, 6.45) is 11.7. The average molecular weight is 421 g/mol. The van der Waals surface area contributed by atoms with Gasteiger partial charge in [-0.2, -0.15) is 5.10 Å². The van der Waals surface area contributed by atoms with Gasteiger partial charge < -0.3 is 5.32 Å². The lowest BCUT2D eigenvalue weighted by atomic mass is 10.2. The number of carbonyl (C=O) groups is 1. The van der Waals surface area contributed by atoms with Crippen molar-refractivity contribution in [3.63, 3.8) is 0 Å². The Labute approximate surface area is 178 Å². The fraction of sp³-hybridized carbons (Fsp3) is 0.273. The number of fused-ring (bicyclic) bond motifs is 1. The van der Waals surface area contributed by atoms with Gasteiger partial charge in [-0.05, 0) is 36.6 Å². The third-order valence-corrected chi connectivity index (χ3v) is 5.85. The van der Waals surface area contributed by atoms with Crippen LogP contribution in [0.25, 0.3) is 17.0 Å². The largest absolute Gasteiger partial charge is 0.347 e. The van der Waals surface area contributed by atoms with Crippen LogP contribution in [-0.2, 0) is 6.54 Å². The van der Waals surface area contributed by atoms with Crippen molar-refractivity contribution in [2.24, 2.45) is 0 Å². The Morgan fingerprint density at radius 1 is 1.13 bits per heavy atom. The van der Waals surface area contributed by atoms with E-state index in [-0.39, 0.29) is 5.91 Å².